The SMILES string of the molecule is COc1ccc(C(C#N)N2CCN(C(=O)OC(C)(C)C)CC2)cc1. The summed E-state index contributed by atoms with van der Waals surface area (Å²) < 4.78 is 10.6. The standard InChI is InChI=1S/C18H25N3O3/c1-18(2,3)24-17(22)21-11-9-20(10-12-21)16(13-19)14-5-7-15(23-4)8-6-14/h5-8,16H,9-12H2,1-4H3. The van der Waals surface area contributed by atoms with E-state index in [2.05, 4.69) is 11.0 Å². The molecule has 2 rings (SSSR count). The molecule has 0 bridgehead atoms. The van der Waals surface area contributed by atoms with E-state index in [1.165, 1.54) is 0 Å². The van der Waals surface area contributed by atoms with E-state index in [-0.39, 0.29) is 12.1 Å². The predicted molar refractivity (Wildman–Crippen MR) is 90.7 cm³/mol. The summed E-state index contributed by atoms with van der Waals surface area (Å²) in [4.78, 5) is 15.9. The van der Waals surface area contributed by atoms with Gasteiger partial charge in [-0.25, -0.2) is 4.79 Å². The molecule has 24 heavy (non-hydrogen) atoms. The minimum absolute atomic E-state index is 0.292. The van der Waals surface area contributed by atoms with Gasteiger partial charge in [0.05, 0.1) is 13.2 Å². The van der Waals surface area contributed by atoms with Crippen molar-refractivity contribution >= 4 is 6.09 Å². The molecule has 0 spiro atoms. The van der Waals surface area contributed by atoms with Gasteiger partial charge in [0, 0.05) is 26.2 Å². The van der Waals surface area contributed by atoms with Crippen LogP contribution in [-0.2, 0) is 4.74 Å². The number of benzene rings is 1. The fraction of sp³-hybridized carbons (Fsp3) is 0.556. The number of nitrogens with zero attached hydrogens (tertiary/aromatic N) is 3. The number of methoxy groups -OCH3 is 1. The van der Waals surface area contributed by atoms with E-state index in [9.17, 15) is 10.1 Å². The first kappa shape index (κ1) is 18.1. The Labute approximate surface area is 143 Å². The summed E-state index contributed by atoms with van der Waals surface area (Å²) in [5, 5.41) is 9.56. The number of carbonyl (C=O) groups excluding carboxylic acids is 1. The summed E-state index contributed by atoms with van der Waals surface area (Å²) in [6.45, 7) is 7.98. The molecule has 1 saturated heterocycles. The van der Waals surface area contributed by atoms with Crippen molar-refractivity contribution in [2.45, 2.75) is 32.4 Å². The molecule has 1 amide bonds. The lowest BCUT2D eigenvalue weighted by Gasteiger charge is -2.37. The molecule has 6 heteroatoms. The lowest BCUT2D eigenvalue weighted by atomic mass is 10.1. The van der Waals surface area contributed by atoms with Gasteiger partial charge in [-0.2, -0.15) is 5.26 Å². The van der Waals surface area contributed by atoms with Gasteiger partial charge in [0.15, 0.2) is 0 Å². The molecule has 0 saturated carbocycles. The third kappa shape index (κ3) is 4.62. The Kier molecular flexibility index (Phi) is 5.68. The van der Waals surface area contributed by atoms with E-state index in [1.54, 1.807) is 12.0 Å². The second-order valence-corrected chi connectivity index (χ2v) is 6.81. The van der Waals surface area contributed by atoms with Crippen molar-refractivity contribution in [3.05, 3.63) is 29.8 Å². The van der Waals surface area contributed by atoms with Gasteiger partial charge in [-0.1, -0.05) is 12.1 Å². The molecule has 0 aromatic heterocycles. The Morgan fingerprint density at radius 3 is 2.21 bits per heavy atom. The van der Waals surface area contributed by atoms with Crippen molar-refractivity contribution in [3.63, 3.8) is 0 Å². The van der Waals surface area contributed by atoms with E-state index in [0.717, 1.165) is 11.3 Å². The van der Waals surface area contributed by atoms with Gasteiger partial charge in [-0.05, 0) is 38.5 Å². The van der Waals surface area contributed by atoms with E-state index in [1.807, 2.05) is 45.0 Å². The summed E-state index contributed by atoms with van der Waals surface area (Å²) in [6, 6.07) is 9.57. The highest BCUT2D eigenvalue weighted by Crippen LogP contribution is 2.24. The Morgan fingerprint density at radius 1 is 1.17 bits per heavy atom. The van der Waals surface area contributed by atoms with Crippen molar-refractivity contribution in [1.29, 1.82) is 5.26 Å². The molecule has 6 nitrogen and oxygen atoms in total. The highest BCUT2D eigenvalue weighted by molar-refractivity contribution is 5.68. The quantitative estimate of drug-likeness (QED) is 0.852. The van der Waals surface area contributed by atoms with Gasteiger partial charge >= 0.3 is 6.09 Å². The number of carbonyl (C=O) groups is 1. The van der Waals surface area contributed by atoms with Crippen LogP contribution < -0.4 is 4.74 Å². The van der Waals surface area contributed by atoms with Crippen LogP contribution in [0.5, 0.6) is 5.75 Å². The summed E-state index contributed by atoms with van der Waals surface area (Å²) in [5.74, 6) is 0.769. The minimum atomic E-state index is -0.494. The second-order valence-electron chi connectivity index (χ2n) is 6.81. The van der Waals surface area contributed by atoms with Gasteiger partial charge in [0.1, 0.15) is 17.4 Å². The third-order valence-electron chi connectivity index (χ3n) is 3.88. The third-order valence-corrected chi connectivity index (χ3v) is 3.88. The first-order valence-corrected chi connectivity index (χ1v) is 8.09. The molecule has 1 unspecified atom stereocenters. The van der Waals surface area contributed by atoms with Crippen LogP contribution in [0, 0.1) is 11.3 Å². The van der Waals surface area contributed by atoms with Crippen molar-refractivity contribution in [3.8, 4) is 11.8 Å². The number of amides is 1. The van der Waals surface area contributed by atoms with Crippen LogP contribution in [0.1, 0.15) is 32.4 Å². The van der Waals surface area contributed by atoms with Gasteiger partial charge in [-0.15, -0.1) is 0 Å². The van der Waals surface area contributed by atoms with Gasteiger partial charge in [-0.3, -0.25) is 4.90 Å². The number of ether oxygens (including phenoxy) is 2. The molecule has 1 heterocycles. The molecule has 0 N–H and O–H groups in total. The maximum atomic E-state index is 12.1. The summed E-state index contributed by atoms with van der Waals surface area (Å²) in [7, 11) is 1.62. The summed E-state index contributed by atoms with van der Waals surface area (Å²) >= 11 is 0. The molecule has 1 aliphatic heterocycles. The van der Waals surface area contributed by atoms with Crippen molar-refractivity contribution in [2.75, 3.05) is 33.3 Å². The maximum absolute atomic E-state index is 12.1. The lowest BCUT2D eigenvalue weighted by Crippen LogP contribution is -2.50. The zero-order chi connectivity index (χ0) is 17.7. The minimum Gasteiger partial charge on any atom is -0.497 e. The normalized spacial score (nSPS) is 17.0. The molecule has 1 aromatic carbocycles. The second kappa shape index (κ2) is 7.54. The van der Waals surface area contributed by atoms with Crippen molar-refractivity contribution in [2.24, 2.45) is 0 Å². The molecule has 0 radical (unpaired) electrons. The molecular formula is C18H25N3O3. The van der Waals surface area contributed by atoms with Crippen LogP contribution in [0.15, 0.2) is 24.3 Å². The Hall–Kier alpha value is -2.26. The Balaban J connectivity index is 1.96. The molecule has 1 aliphatic rings. The largest absolute Gasteiger partial charge is 0.497 e. The van der Waals surface area contributed by atoms with Crippen LogP contribution >= 0.6 is 0 Å². The topological polar surface area (TPSA) is 65.8 Å². The monoisotopic (exact) mass is 331 g/mol. The van der Waals surface area contributed by atoms with Crippen molar-refractivity contribution < 1.29 is 14.3 Å². The molecule has 130 valence electrons. The van der Waals surface area contributed by atoms with Gasteiger partial charge in [0.2, 0.25) is 0 Å². The van der Waals surface area contributed by atoms with Gasteiger partial charge < -0.3 is 14.4 Å². The molecular weight excluding hydrogens is 306 g/mol. The number of hydrogen-bond acceptors (Lipinski definition) is 5. The fourth-order valence-corrected chi connectivity index (χ4v) is 2.64. The number of piperazine rings is 1. The first-order chi connectivity index (χ1) is 11.3. The smallest absolute Gasteiger partial charge is 0.410 e. The van der Waals surface area contributed by atoms with E-state index < -0.39 is 5.60 Å². The van der Waals surface area contributed by atoms with Crippen LogP contribution in [-0.4, -0.2) is 54.8 Å². The molecule has 1 fully saturated rings. The van der Waals surface area contributed by atoms with E-state index in [0.29, 0.717) is 26.2 Å². The van der Waals surface area contributed by atoms with E-state index >= 15 is 0 Å². The first-order valence-electron chi connectivity index (χ1n) is 8.09. The average Bonchev–Trinajstić information content (AvgIpc) is 2.55. The highest BCUT2D eigenvalue weighted by Gasteiger charge is 2.29. The number of nitriles is 1. The highest BCUT2D eigenvalue weighted by atomic mass is 16.6. The fourth-order valence-electron chi connectivity index (χ4n) is 2.64. The molecule has 1 atom stereocenters. The zero-order valence-electron chi connectivity index (χ0n) is 14.8. The Bertz CT molecular complexity index is 593. The average molecular weight is 331 g/mol. The van der Waals surface area contributed by atoms with Crippen LogP contribution in [0.4, 0.5) is 4.79 Å². The van der Waals surface area contributed by atoms with Crippen molar-refractivity contribution in [1.82, 2.24) is 9.80 Å². The molecule has 0 aliphatic carbocycles. The van der Waals surface area contributed by atoms with Crippen LogP contribution in [0.2, 0.25) is 0 Å². The summed E-state index contributed by atoms with van der Waals surface area (Å²) in [5.41, 5.74) is 0.441. The van der Waals surface area contributed by atoms with Crippen LogP contribution in [0.25, 0.3) is 0 Å². The summed E-state index contributed by atoms with van der Waals surface area (Å²) in [6.07, 6.45) is -0.292. The Morgan fingerprint density at radius 2 is 1.75 bits per heavy atom. The maximum Gasteiger partial charge on any atom is 0.410 e. The molecule has 1 aromatic rings. The number of rotatable bonds is 3. The van der Waals surface area contributed by atoms with E-state index in [4.69, 9.17) is 9.47 Å². The zero-order valence-corrected chi connectivity index (χ0v) is 14.8. The van der Waals surface area contributed by atoms with Gasteiger partial charge in [0.25, 0.3) is 0 Å². The lowest BCUT2D eigenvalue weighted by molar-refractivity contribution is 0.0125. The van der Waals surface area contributed by atoms with Crippen LogP contribution in [0.3, 0.4) is 0 Å². The number of hydrogen-bond donors (Lipinski definition) is 0. The predicted octanol–water partition coefficient (Wildman–Crippen LogP) is 2.81.